The molecule has 0 radical (unpaired) electrons. The molecule has 1 heterocycles. The summed E-state index contributed by atoms with van der Waals surface area (Å²) in [7, 11) is 0. The number of hydrogen-bond acceptors (Lipinski definition) is 3. The molecule has 1 saturated heterocycles. The van der Waals surface area contributed by atoms with Gasteiger partial charge in [0.2, 0.25) is 5.91 Å². The minimum Gasteiger partial charge on any atom is -0.325 e. The van der Waals surface area contributed by atoms with E-state index in [0.29, 0.717) is 28.2 Å². The first-order chi connectivity index (χ1) is 14.0. The standard InChI is InChI=1S/C22H25Cl3N2OS/c1-2-3-10-26(14-16-8-9-17(23)13-20(16)25)15-21(28)27-11-12-29-22(27)18-6-4-5-7-19(18)24/h4-9,13,22H,2-3,10-12,14-15H2,1H3. The number of carbonyl (C=O) groups excluding carboxylic acids is 1. The molecule has 0 saturated carbocycles. The highest BCUT2D eigenvalue weighted by Gasteiger charge is 2.32. The normalized spacial score (nSPS) is 16.6. The van der Waals surface area contributed by atoms with Crippen LogP contribution in [0.5, 0.6) is 0 Å². The summed E-state index contributed by atoms with van der Waals surface area (Å²) in [5.74, 6) is 1.04. The molecule has 0 N–H and O–H groups in total. The number of rotatable bonds is 8. The number of carbonyl (C=O) groups is 1. The maximum Gasteiger partial charge on any atom is 0.237 e. The lowest BCUT2D eigenvalue weighted by atomic mass is 10.2. The van der Waals surface area contributed by atoms with Crippen molar-refractivity contribution in [2.75, 3.05) is 25.4 Å². The van der Waals surface area contributed by atoms with E-state index in [4.69, 9.17) is 34.8 Å². The summed E-state index contributed by atoms with van der Waals surface area (Å²) < 4.78 is 0. The molecule has 7 heteroatoms. The van der Waals surface area contributed by atoms with E-state index in [2.05, 4.69) is 11.8 Å². The average Bonchev–Trinajstić information content (AvgIpc) is 3.18. The Kier molecular flexibility index (Phi) is 8.57. The van der Waals surface area contributed by atoms with Crippen molar-refractivity contribution in [2.45, 2.75) is 31.7 Å². The minimum atomic E-state index is -0.0247. The lowest BCUT2D eigenvalue weighted by molar-refractivity contribution is -0.132. The van der Waals surface area contributed by atoms with Crippen LogP contribution in [0.3, 0.4) is 0 Å². The lowest BCUT2D eigenvalue weighted by Crippen LogP contribution is -2.40. The summed E-state index contributed by atoms with van der Waals surface area (Å²) in [5.41, 5.74) is 1.99. The fraction of sp³-hybridized carbons (Fsp3) is 0.409. The largest absolute Gasteiger partial charge is 0.325 e. The summed E-state index contributed by atoms with van der Waals surface area (Å²) >= 11 is 20.6. The van der Waals surface area contributed by atoms with E-state index in [1.807, 2.05) is 41.3 Å². The number of halogens is 3. The van der Waals surface area contributed by atoms with Crippen LogP contribution < -0.4 is 0 Å². The summed E-state index contributed by atoms with van der Waals surface area (Å²) in [4.78, 5) is 17.3. The molecule has 0 aliphatic carbocycles. The van der Waals surface area contributed by atoms with E-state index in [1.165, 1.54) is 0 Å². The van der Waals surface area contributed by atoms with Crippen LogP contribution in [0.25, 0.3) is 0 Å². The van der Waals surface area contributed by atoms with Crippen LogP contribution >= 0.6 is 46.6 Å². The zero-order valence-corrected chi connectivity index (χ0v) is 19.5. The third-order valence-electron chi connectivity index (χ3n) is 4.98. The molecular formula is C22H25Cl3N2OS. The average molecular weight is 472 g/mol. The fourth-order valence-electron chi connectivity index (χ4n) is 3.43. The molecule has 1 aliphatic rings. The Labute approximate surface area is 192 Å². The first kappa shape index (κ1) is 22.8. The molecule has 156 valence electrons. The van der Waals surface area contributed by atoms with Crippen LogP contribution in [0.4, 0.5) is 0 Å². The second kappa shape index (κ2) is 10.9. The Bertz CT molecular complexity index is 849. The molecule has 1 unspecified atom stereocenters. The van der Waals surface area contributed by atoms with Crippen LogP contribution in [0.2, 0.25) is 15.1 Å². The number of benzene rings is 2. The number of hydrogen-bond donors (Lipinski definition) is 0. The first-order valence-electron chi connectivity index (χ1n) is 9.81. The number of thioether (sulfide) groups is 1. The first-order valence-corrected chi connectivity index (χ1v) is 12.0. The zero-order chi connectivity index (χ0) is 20.8. The lowest BCUT2D eigenvalue weighted by Gasteiger charge is -2.29. The highest BCUT2D eigenvalue weighted by molar-refractivity contribution is 7.99. The van der Waals surface area contributed by atoms with Gasteiger partial charge in [0.1, 0.15) is 5.37 Å². The van der Waals surface area contributed by atoms with Crippen LogP contribution in [0.15, 0.2) is 42.5 Å². The number of amides is 1. The van der Waals surface area contributed by atoms with Gasteiger partial charge in [-0.1, -0.05) is 72.4 Å². The van der Waals surface area contributed by atoms with Crippen LogP contribution in [0.1, 0.15) is 36.3 Å². The van der Waals surface area contributed by atoms with Gasteiger partial charge in [-0.2, -0.15) is 0 Å². The molecule has 2 aromatic carbocycles. The topological polar surface area (TPSA) is 23.6 Å². The van der Waals surface area contributed by atoms with Gasteiger partial charge in [-0.3, -0.25) is 9.69 Å². The van der Waals surface area contributed by atoms with E-state index < -0.39 is 0 Å². The molecule has 1 fully saturated rings. The van der Waals surface area contributed by atoms with Gasteiger partial charge < -0.3 is 4.90 Å². The molecule has 1 aliphatic heterocycles. The van der Waals surface area contributed by atoms with Crippen molar-refractivity contribution < 1.29 is 4.79 Å². The molecule has 3 rings (SSSR count). The summed E-state index contributed by atoms with van der Waals surface area (Å²) in [5, 5.41) is 1.94. The highest BCUT2D eigenvalue weighted by atomic mass is 35.5. The number of nitrogens with zero attached hydrogens (tertiary/aromatic N) is 2. The second-order valence-electron chi connectivity index (χ2n) is 7.13. The van der Waals surface area contributed by atoms with Crippen molar-refractivity contribution in [1.29, 1.82) is 0 Å². The van der Waals surface area contributed by atoms with Crippen molar-refractivity contribution in [3.63, 3.8) is 0 Å². The van der Waals surface area contributed by atoms with Crippen molar-refractivity contribution in [3.05, 3.63) is 68.7 Å². The Morgan fingerprint density at radius 1 is 1.17 bits per heavy atom. The van der Waals surface area contributed by atoms with Gasteiger partial charge in [-0.15, -0.1) is 11.8 Å². The van der Waals surface area contributed by atoms with Gasteiger partial charge >= 0.3 is 0 Å². The Morgan fingerprint density at radius 2 is 1.97 bits per heavy atom. The smallest absolute Gasteiger partial charge is 0.237 e. The number of unbranched alkanes of at least 4 members (excludes halogenated alkanes) is 1. The Morgan fingerprint density at radius 3 is 2.69 bits per heavy atom. The molecular weight excluding hydrogens is 447 g/mol. The summed E-state index contributed by atoms with van der Waals surface area (Å²) in [6.07, 6.45) is 2.10. The highest BCUT2D eigenvalue weighted by Crippen LogP contribution is 2.40. The van der Waals surface area contributed by atoms with Crippen LogP contribution in [-0.4, -0.2) is 41.1 Å². The Balaban J connectivity index is 1.72. The third kappa shape index (κ3) is 6.05. The van der Waals surface area contributed by atoms with E-state index in [0.717, 1.165) is 42.8 Å². The monoisotopic (exact) mass is 470 g/mol. The van der Waals surface area contributed by atoms with Crippen LogP contribution in [0, 0.1) is 0 Å². The van der Waals surface area contributed by atoms with Crippen molar-refractivity contribution in [1.82, 2.24) is 9.80 Å². The zero-order valence-electron chi connectivity index (χ0n) is 16.4. The summed E-state index contributed by atoms with van der Waals surface area (Å²) in [6.45, 7) is 4.72. The maximum atomic E-state index is 13.2. The molecule has 0 aromatic heterocycles. The van der Waals surface area contributed by atoms with E-state index >= 15 is 0 Å². The predicted octanol–water partition coefficient (Wildman–Crippen LogP) is 6.52. The predicted molar refractivity (Wildman–Crippen MR) is 125 cm³/mol. The molecule has 1 atom stereocenters. The maximum absolute atomic E-state index is 13.2. The third-order valence-corrected chi connectivity index (χ3v) is 7.15. The SMILES string of the molecule is CCCCN(CC(=O)N1CCSC1c1ccccc1Cl)Cc1ccc(Cl)cc1Cl. The van der Waals surface area contributed by atoms with E-state index in [-0.39, 0.29) is 11.3 Å². The van der Waals surface area contributed by atoms with Gasteiger partial charge in [-0.25, -0.2) is 0 Å². The second-order valence-corrected chi connectivity index (χ2v) is 9.57. The van der Waals surface area contributed by atoms with Gasteiger partial charge in [0.05, 0.1) is 6.54 Å². The molecule has 29 heavy (non-hydrogen) atoms. The fourth-order valence-corrected chi connectivity index (χ4v) is 5.51. The molecule has 3 nitrogen and oxygen atoms in total. The molecule has 2 aromatic rings. The minimum absolute atomic E-state index is 0.0247. The van der Waals surface area contributed by atoms with Crippen molar-refractivity contribution in [2.24, 2.45) is 0 Å². The van der Waals surface area contributed by atoms with Gasteiger partial charge in [-0.05, 0) is 36.7 Å². The molecule has 0 spiro atoms. The van der Waals surface area contributed by atoms with E-state index in [1.54, 1.807) is 17.8 Å². The van der Waals surface area contributed by atoms with Crippen LogP contribution in [-0.2, 0) is 11.3 Å². The van der Waals surface area contributed by atoms with Gasteiger partial charge in [0, 0.05) is 39.5 Å². The summed E-state index contributed by atoms with van der Waals surface area (Å²) in [6, 6.07) is 13.3. The van der Waals surface area contributed by atoms with E-state index in [9.17, 15) is 4.79 Å². The van der Waals surface area contributed by atoms with Crippen molar-refractivity contribution >= 4 is 52.5 Å². The van der Waals surface area contributed by atoms with Gasteiger partial charge in [0.15, 0.2) is 0 Å². The van der Waals surface area contributed by atoms with Crippen molar-refractivity contribution in [3.8, 4) is 0 Å². The van der Waals surface area contributed by atoms with Gasteiger partial charge in [0.25, 0.3) is 0 Å². The Hall–Kier alpha value is -0.910. The molecule has 0 bridgehead atoms. The quantitative estimate of drug-likeness (QED) is 0.437. The molecule has 1 amide bonds.